The third-order valence-electron chi connectivity index (χ3n) is 9.14. The van der Waals surface area contributed by atoms with Crippen LogP contribution in [0.25, 0.3) is 33.4 Å². The van der Waals surface area contributed by atoms with Gasteiger partial charge in [0.2, 0.25) is 0 Å². The highest BCUT2D eigenvalue weighted by atomic mass is 16.6. The Kier molecular flexibility index (Phi) is 9.27. The second-order valence-corrected chi connectivity index (χ2v) is 12.0. The predicted molar refractivity (Wildman–Crippen MR) is 194 cm³/mol. The summed E-state index contributed by atoms with van der Waals surface area (Å²) in [5.74, 6) is 1.21. The Bertz CT molecular complexity index is 2020. The fourth-order valence-electron chi connectivity index (χ4n) is 7.06. The average molecular weight is 647 g/mol. The molecule has 0 saturated heterocycles. The molecule has 6 aromatic carbocycles. The van der Waals surface area contributed by atoms with Crippen molar-refractivity contribution in [1.29, 1.82) is 0 Å². The molecule has 0 heterocycles. The van der Waals surface area contributed by atoms with E-state index >= 15 is 0 Å². The number of carbonyl (C=O) groups is 1. The molecule has 5 nitrogen and oxygen atoms in total. The molecule has 0 aromatic heterocycles. The summed E-state index contributed by atoms with van der Waals surface area (Å²) in [5.41, 5.74) is 10.5. The first-order valence-electron chi connectivity index (χ1n) is 16.6. The molecule has 0 fully saturated rings. The first kappa shape index (κ1) is 31.9. The van der Waals surface area contributed by atoms with Gasteiger partial charge in [-0.3, -0.25) is 4.79 Å². The Morgan fingerprint density at radius 3 is 1.43 bits per heavy atom. The maximum atomic E-state index is 11.4. The second kappa shape index (κ2) is 14.2. The maximum absolute atomic E-state index is 11.4. The molecule has 1 aliphatic carbocycles. The summed E-state index contributed by atoms with van der Waals surface area (Å²) in [6.45, 7) is 2.78. The van der Waals surface area contributed by atoms with E-state index in [0.29, 0.717) is 13.2 Å². The van der Waals surface area contributed by atoms with Crippen molar-refractivity contribution < 1.29 is 23.7 Å². The molecule has 0 saturated carbocycles. The highest BCUT2D eigenvalue weighted by Crippen LogP contribution is 2.57. The van der Waals surface area contributed by atoms with Gasteiger partial charge in [-0.15, -0.1) is 0 Å². The van der Waals surface area contributed by atoms with E-state index in [1.54, 1.807) is 7.11 Å². The summed E-state index contributed by atoms with van der Waals surface area (Å²) < 4.78 is 23.1. The lowest BCUT2D eigenvalue weighted by Crippen LogP contribution is -2.29. The van der Waals surface area contributed by atoms with Crippen LogP contribution in [-0.4, -0.2) is 39.5 Å². The van der Waals surface area contributed by atoms with E-state index in [0.717, 1.165) is 44.9 Å². The van der Waals surface area contributed by atoms with E-state index in [1.807, 2.05) is 24.3 Å². The Balaban J connectivity index is 1.48. The lowest BCUT2D eigenvalue weighted by Gasteiger charge is -2.35. The lowest BCUT2D eigenvalue weighted by molar-refractivity contribution is -0.141. The molecular formula is C44H38O5. The van der Waals surface area contributed by atoms with Gasteiger partial charge in [0.15, 0.2) is 0 Å². The van der Waals surface area contributed by atoms with Crippen molar-refractivity contribution in [3.63, 3.8) is 0 Å². The van der Waals surface area contributed by atoms with Crippen LogP contribution in [0.5, 0.6) is 11.5 Å². The van der Waals surface area contributed by atoms with Crippen molar-refractivity contribution in [3.8, 4) is 44.9 Å². The van der Waals surface area contributed by atoms with E-state index in [1.165, 1.54) is 29.2 Å². The summed E-state index contributed by atoms with van der Waals surface area (Å²) >= 11 is 0. The molecule has 49 heavy (non-hydrogen) atoms. The van der Waals surface area contributed by atoms with Crippen LogP contribution >= 0.6 is 0 Å². The van der Waals surface area contributed by atoms with Crippen LogP contribution in [0, 0.1) is 0 Å². The zero-order valence-corrected chi connectivity index (χ0v) is 27.7. The predicted octanol–water partition coefficient (Wildman–Crippen LogP) is 9.35. The van der Waals surface area contributed by atoms with Gasteiger partial charge < -0.3 is 18.9 Å². The smallest absolute Gasteiger partial charge is 0.302 e. The summed E-state index contributed by atoms with van der Waals surface area (Å²) in [6, 6.07) is 51.2. The molecule has 1 aliphatic rings. The highest BCUT2D eigenvalue weighted by molar-refractivity contribution is 5.88. The molecular weight excluding hydrogens is 608 g/mol. The SMILES string of the molecule is COCCOc1ccc(C2(c3ccc(OCCOC(C)=O)c(-c4ccccc4)c3)c3ccccc3-c3ccccc32)cc1-c1ccccc1. The first-order chi connectivity index (χ1) is 24.1. The van der Waals surface area contributed by atoms with Gasteiger partial charge in [0, 0.05) is 25.2 Å². The number of carbonyl (C=O) groups excluding carboxylic acids is 1. The van der Waals surface area contributed by atoms with E-state index in [-0.39, 0.29) is 19.2 Å². The molecule has 6 aromatic rings. The monoisotopic (exact) mass is 646 g/mol. The third-order valence-corrected chi connectivity index (χ3v) is 9.14. The van der Waals surface area contributed by atoms with Gasteiger partial charge >= 0.3 is 5.97 Å². The molecule has 0 N–H and O–H groups in total. The van der Waals surface area contributed by atoms with Crippen LogP contribution < -0.4 is 9.47 Å². The largest absolute Gasteiger partial charge is 0.491 e. The second-order valence-electron chi connectivity index (χ2n) is 12.0. The number of methoxy groups -OCH3 is 1. The first-order valence-corrected chi connectivity index (χ1v) is 16.6. The Hall–Kier alpha value is -5.65. The van der Waals surface area contributed by atoms with Crippen LogP contribution in [0.2, 0.25) is 0 Å². The average Bonchev–Trinajstić information content (AvgIpc) is 3.45. The molecule has 7 rings (SSSR count). The van der Waals surface area contributed by atoms with Gasteiger partial charge in [-0.1, -0.05) is 121 Å². The standard InChI is InChI=1S/C44H38O5/c1-31(45)47-27-28-49-43-24-22-35(30-39(43)33-15-7-4-8-16-33)44(40-19-11-9-17-36(40)37-18-10-12-20-41(37)44)34-21-23-42(48-26-25-46-2)38(29-34)32-13-5-3-6-14-32/h3-24,29-30H,25-28H2,1-2H3. The lowest BCUT2D eigenvalue weighted by atomic mass is 9.67. The Morgan fingerprint density at radius 2 is 0.959 bits per heavy atom. The molecule has 0 amide bonds. The molecule has 0 spiro atoms. The van der Waals surface area contributed by atoms with Crippen LogP contribution in [0.4, 0.5) is 0 Å². The molecule has 244 valence electrons. The van der Waals surface area contributed by atoms with Gasteiger partial charge in [0.25, 0.3) is 0 Å². The summed E-state index contributed by atoms with van der Waals surface area (Å²) in [6.07, 6.45) is 0. The quantitative estimate of drug-likeness (QED) is 0.0978. The van der Waals surface area contributed by atoms with Gasteiger partial charge in [-0.05, 0) is 68.8 Å². The fraction of sp³-hybridized carbons (Fsp3) is 0.159. The zero-order valence-electron chi connectivity index (χ0n) is 27.7. The molecule has 5 heteroatoms. The number of ether oxygens (including phenoxy) is 4. The summed E-state index contributed by atoms with van der Waals surface area (Å²) in [4.78, 5) is 11.4. The van der Waals surface area contributed by atoms with Crippen LogP contribution in [-0.2, 0) is 19.7 Å². The van der Waals surface area contributed by atoms with Gasteiger partial charge in [-0.2, -0.15) is 0 Å². The van der Waals surface area contributed by atoms with Gasteiger partial charge in [0.1, 0.15) is 31.3 Å². The molecule has 0 atom stereocenters. The van der Waals surface area contributed by atoms with E-state index in [4.69, 9.17) is 18.9 Å². The minimum Gasteiger partial charge on any atom is -0.491 e. The number of benzene rings is 6. The van der Waals surface area contributed by atoms with Crippen molar-refractivity contribution >= 4 is 5.97 Å². The zero-order chi connectivity index (χ0) is 33.6. The van der Waals surface area contributed by atoms with E-state index in [2.05, 4.69) is 121 Å². The van der Waals surface area contributed by atoms with Crippen molar-refractivity contribution in [2.75, 3.05) is 33.5 Å². The molecule has 0 aliphatic heterocycles. The molecule has 0 bridgehead atoms. The molecule has 0 radical (unpaired) electrons. The van der Waals surface area contributed by atoms with Gasteiger partial charge in [0.05, 0.1) is 12.0 Å². The van der Waals surface area contributed by atoms with Crippen LogP contribution in [0.3, 0.4) is 0 Å². The number of hydrogen-bond donors (Lipinski definition) is 0. The van der Waals surface area contributed by atoms with Crippen molar-refractivity contribution in [2.24, 2.45) is 0 Å². The van der Waals surface area contributed by atoms with Gasteiger partial charge in [-0.25, -0.2) is 0 Å². The van der Waals surface area contributed by atoms with E-state index < -0.39 is 5.41 Å². The Morgan fingerprint density at radius 1 is 0.510 bits per heavy atom. The topological polar surface area (TPSA) is 54.0 Å². The van der Waals surface area contributed by atoms with E-state index in [9.17, 15) is 4.79 Å². The summed E-state index contributed by atoms with van der Waals surface area (Å²) in [5, 5.41) is 0. The number of esters is 1. The minimum absolute atomic E-state index is 0.178. The van der Waals surface area contributed by atoms with Crippen molar-refractivity contribution in [3.05, 3.63) is 168 Å². The normalized spacial score (nSPS) is 12.5. The summed E-state index contributed by atoms with van der Waals surface area (Å²) in [7, 11) is 1.68. The van der Waals surface area contributed by atoms with Crippen LogP contribution in [0.1, 0.15) is 29.2 Å². The minimum atomic E-state index is -0.651. The maximum Gasteiger partial charge on any atom is 0.302 e. The van der Waals surface area contributed by atoms with Crippen molar-refractivity contribution in [1.82, 2.24) is 0 Å². The third kappa shape index (κ3) is 6.10. The van der Waals surface area contributed by atoms with Crippen LogP contribution in [0.15, 0.2) is 146 Å². The number of fused-ring (bicyclic) bond motifs is 3. The number of hydrogen-bond acceptors (Lipinski definition) is 5. The fourth-order valence-corrected chi connectivity index (χ4v) is 7.06. The molecule has 0 unspecified atom stereocenters. The number of rotatable bonds is 12. The van der Waals surface area contributed by atoms with Crippen molar-refractivity contribution in [2.45, 2.75) is 12.3 Å². The Labute approximate surface area is 287 Å². The highest BCUT2D eigenvalue weighted by Gasteiger charge is 2.46.